The van der Waals surface area contributed by atoms with Crippen molar-refractivity contribution in [3.05, 3.63) is 35.4 Å². The van der Waals surface area contributed by atoms with Crippen LogP contribution in [0.25, 0.3) is 0 Å². The van der Waals surface area contributed by atoms with E-state index >= 15 is 0 Å². The molecule has 0 spiro atoms. The fraction of sp³-hybridized carbons (Fsp3) is 0.500. The molecule has 20 heavy (non-hydrogen) atoms. The maximum Gasteiger partial charge on any atom is 0.224 e. The van der Waals surface area contributed by atoms with E-state index in [1.54, 1.807) is 4.90 Å². The van der Waals surface area contributed by atoms with Crippen molar-refractivity contribution in [3.63, 3.8) is 0 Å². The summed E-state index contributed by atoms with van der Waals surface area (Å²) in [5.41, 5.74) is 2.24. The molecule has 1 aromatic carbocycles. The molecule has 110 valence electrons. The van der Waals surface area contributed by atoms with Gasteiger partial charge in [0.2, 0.25) is 15.9 Å². The molecule has 0 saturated carbocycles. The van der Waals surface area contributed by atoms with Crippen LogP contribution < -0.4 is 5.14 Å². The Bertz CT molecular complexity index is 595. The Kier molecular flexibility index (Phi) is 4.15. The summed E-state index contributed by atoms with van der Waals surface area (Å²) < 4.78 is 22.7. The molecular weight excluding hydrogens is 276 g/mol. The highest BCUT2D eigenvalue weighted by Crippen LogP contribution is 2.27. The van der Waals surface area contributed by atoms with Crippen LogP contribution in [-0.4, -0.2) is 31.0 Å². The molecule has 2 N–H and O–H groups in total. The zero-order valence-electron chi connectivity index (χ0n) is 11.7. The molecule has 0 bridgehead atoms. The van der Waals surface area contributed by atoms with Crippen LogP contribution in [0, 0.1) is 0 Å². The monoisotopic (exact) mass is 296 g/mol. The Morgan fingerprint density at radius 1 is 1.35 bits per heavy atom. The third-order valence-electron chi connectivity index (χ3n) is 3.93. The van der Waals surface area contributed by atoms with Crippen LogP contribution in [-0.2, 0) is 21.2 Å². The molecule has 1 aliphatic heterocycles. The van der Waals surface area contributed by atoms with E-state index in [1.807, 2.05) is 31.2 Å². The third-order valence-corrected chi connectivity index (χ3v) is 5.17. The van der Waals surface area contributed by atoms with E-state index in [1.165, 1.54) is 5.56 Å². The van der Waals surface area contributed by atoms with Gasteiger partial charge in [0.05, 0.1) is 6.04 Å². The van der Waals surface area contributed by atoms with Gasteiger partial charge in [0.15, 0.2) is 0 Å². The lowest BCUT2D eigenvalue weighted by Gasteiger charge is -2.25. The van der Waals surface area contributed by atoms with Gasteiger partial charge < -0.3 is 4.90 Å². The van der Waals surface area contributed by atoms with E-state index in [0.717, 1.165) is 12.0 Å². The third kappa shape index (κ3) is 3.02. The number of likely N-dealkylation sites (tertiary alicyclic amines) is 1. The predicted octanol–water partition coefficient (Wildman–Crippen LogP) is 1.20. The van der Waals surface area contributed by atoms with Gasteiger partial charge in [0.25, 0.3) is 0 Å². The summed E-state index contributed by atoms with van der Waals surface area (Å²) in [5.74, 6) is -0.156. The molecule has 2 atom stereocenters. The summed E-state index contributed by atoms with van der Waals surface area (Å²) >= 11 is 0. The first kappa shape index (κ1) is 15.0. The normalized spacial score (nSPS) is 21.2. The van der Waals surface area contributed by atoms with Gasteiger partial charge in [-0.15, -0.1) is 0 Å². The molecule has 6 heteroatoms. The Morgan fingerprint density at radius 2 is 1.95 bits per heavy atom. The van der Waals surface area contributed by atoms with Gasteiger partial charge in [-0.05, 0) is 24.5 Å². The lowest BCUT2D eigenvalue weighted by Crippen LogP contribution is -2.33. The van der Waals surface area contributed by atoms with Gasteiger partial charge in [-0.2, -0.15) is 0 Å². The van der Waals surface area contributed by atoms with Crippen LogP contribution in [0.15, 0.2) is 24.3 Å². The van der Waals surface area contributed by atoms with Crippen molar-refractivity contribution in [2.24, 2.45) is 5.14 Å². The maximum absolute atomic E-state index is 12.0. The summed E-state index contributed by atoms with van der Waals surface area (Å²) in [5, 5.41) is 4.35. The quantitative estimate of drug-likeness (QED) is 0.906. The minimum atomic E-state index is -3.66. The Morgan fingerprint density at radius 3 is 2.40 bits per heavy atom. The molecule has 0 aromatic heterocycles. The topological polar surface area (TPSA) is 80.5 Å². The number of carbonyl (C=O) groups excluding carboxylic acids is 1. The van der Waals surface area contributed by atoms with Crippen LogP contribution in [0.2, 0.25) is 0 Å². The lowest BCUT2D eigenvalue weighted by molar-refractivity contribution is -0.129. The number of nitrogens with zero attached hydrogens (tertiary/aromatic N) is 1. The highest BCUT2D eigenvalue weighted by Gasteiger charge is 2.38. The van der Waals surface area contributed by atoms with Gasteiger partial charge in [-0.1, -0.05) is 31.2 Å². The number of hydrogen-bond acceptors (Lipinski definition) is 3. The second kappa shape index (κ2) is 5.54. The van der Waals surface area contributed by atoms with E-state index < -0.39 is 15.3 Å². The molecule has 1 heterocycles. The Labute approximate surface area is 119 Å². The van der Waals surface area contributed by atoms with Crippen molar-refractivity contribution in [1.29, 1.82) is 0 Å². The van der Waals surface area contributed by atoms with Crippen LogP contribution in [0.4, 0.5) is 0 Å². The molecular formula is C14H20N2O3S. The summed E-state index contributed by atoms with van der Waals surface area (Å²) in [7, 11) is -3.66. The number of benzene rings is 1. The van der Waals surface area contributed by atoms with Crippen LogP contribution in [0.3, 0.4) is 0 Å². The fourth-order valence-corrected chi connectivity index (χ4v) is 3.25. The average Bonchev–Trinajstić information content (AvgIpc) is 2.80. The first-order valence-corrected chi connectivity index (χ1v) is 8.33. The summed E-state index contributed by atoms with van der Waals surface area (Å²) in [6.45, 7) is 4.16. The Hall–Kier alpha value is -1.40. The van der Waals surface area contributed by atoms with Crippen molar-refractivity contribution in [2.75, 3.05) is 6.54 Å². The van der Waals surface area contributed by atoms with Gasteiger partial charge in [-0.25, -0.2) is 13.6 Å². The molecule has 1 saturated heterocycles. The second-order valence-corrected chi connectivity index (χ2v) is 7.08. The van der Waals surface area contributed by atoms with E-state index in [4.69, 9.17) is 5.14 Å². The number of nitrogens with two attached hydrogens (primary N) is 1. The van der Waals surface area contributed by atoms with E-state index in [2.05, 4.69) is 6.92 Å². The molecule has 1 fully saturated rings. The minimum Gasteiger partial charge on any atom is -0.335 e. The lowest BCUT2D eigenvalue weighted by atomic mass is 10.0. The summed E-state index contributed by atoms with van der Waals surface area (Å²) in [6, 6.07) is 7.90. The van der Waals surface area contributed by atoms with E-state index in [0.29, 0.717) is 0 Å². The number of carbonyl (C=O) groups is 1. The number of aryl methyl sites for hydroxylation is 1. The van der Waals surface area contributed by atoms with Gasteiger partial charge in [0, 0.05) is 13.0 Å². The minimum absolute atomic E-state index is 0.0176. The predicted molar refractivity (Wildman–Crippen MR) is 77.5 cm³/mol. The van der Waals surface area contributed by atoms with Crippen LogP contribution >= 0.6 is 0 Å². The number of sulfonamides is 1. The highest BCUT2D eigenvalue weighted by molar-refractivity contribution is 7.89. The molecule has 2 rings (SSSR count). The molecule has 5 nitrogen and oxygen atoms in total. The second-order valence-electron chi connectivity index (χ2n) is 5.23. The summed E-state index contributed by atoms with van der Waals surface area (Å²) in [6.07, 6.45) is 0.945. The van der Waals surface area contributed by atoms with Crippen molar-refractivity contribution >= 4 is 15.9 Å². The molecule has 2 unspecified atom stereocenters. The SMILES string of the molecule is CCc1ccc(C(C)N2CC(S(N)(=O)=O)CC2=O)cc1. The zero-order chi connectivity index (χ0) is 14.9. The van der Waals surface area contributed by atoms with Crippen LogP contribution in [0.5, 0.6) is 0 Å². The Balaban J connectivity index is 2.16. The number of rotatable bonds is 4. The number of primary sulfonamides is 1. The number of hydrogen-bond donors (Lipinski definition) is 1. The van der Waals surface area contributed by atoms with Crippen molar-refractivity contribution in [2.45, 2.75) is 38.0 Å². The van der Waals surface area contributed by atoms with Crippen molar-refractivity contribution in [3.8, 4) is 0 Å². The number of amides is 1. The van der Waals surface area contributed by atoms with Gasteiger partial charge in [0.1, 0.15) is 5.25 Å². The van der Waals surface area contributed by atoms with E-state index in [9.17, 15) is 13.2 Å². The van der Waals surface area contributed by atoms with Gasteiger partial charge >= 0.3 is 0 Å². The zero-order valence-corrected chi connectivity index (χ0v) is 12.6. The molecule has 1 amide bonds. The van der Waals surface area contributed by atoms with E-state index in [-0.39, 0.29) is 24.9 Å². The molecule has 0 aliphatic carbocycles. The molecule has 0 radical (unpaired) electrons. The largest absolute Gasteiger partial charge is 0.335 e. The van der Waals surface area contributed by atoms with Crippen LogP contribution in [0.1, 0.15) is 37.4 Å². The summed E-state index contributed by atoms with van der Waals surface area (Å²) in [4.78, 5) is 13.6. The fourth-order valence-electron chi connectivity index (χ4n) is 2.50. The standard InChI is InChI=1S/C14H20N2O3S/c1-3-11-4-6-12(7-5-11)10(2)16-9-13(8-14(16)17)20(15,18)19/h4-7,10,13H,3,8-9H2,1-2H3,(H2,15,18,19). The van der Waals surface area contributed by atoms with Crippen molar-refractivity contribution in [1.82, 2.24) is 4.90 Å². The highest BCUT2D eigenvalue weighted by atomic mass is 32.2. The molecule has 1 aliphatic rings. The molecule has 1 aromatic rings. The average molecular weight is 296 g/mol. The maximum atomic E-state index is 12.0. The first-order valence-electron chi connectivity index (χ1n) is 6.72. The van der Waals surface area contributed by atoms with Crippen molar-refractivity contribution < 1.29 is 13.2 Å². The smallest absolute Gasteiger partial charge is 0.224 e. The van der Waals surface area contributed by atoms with Gasteiger partial charge in [-0.3, -0.25) is 4.79 Å². The first-order chi connectivity index (χ1) is 9.32.